The highest BCUT2D eigenvalue weighted by Crippen LogP contribution is 2.09. The molecule has 0 aliphatic heterocycles. The van der Waals surface area contributed by atoms with Gasteiger partial charge in [-0.2, -0.15) is 4.39 Å². The van der Waals surface area contributed by atoms with Crippen LogP contribution in [0.4, 0.5) is 4.39 Å². The van der Waals surface area contributed by atoms with E-state index in [1.165, 1.54) is 0 Å². The lowest BCUT2D eigenvalue weighted by molar-refractivity contribution is 0.349. The quantitative estimate of drug-likeness (QED) is 0.769. The molecule has 84 valence electrons. The summed E-state index contributed by atoms with van der Waals surface area (Å²) < 4.78 is 13.8. The lowest BCUT2D eigenvalue weighted by atomic mass is 10.1. The molecule has 15 heavy (non-hydrogen) atoms. The normalized spacial score (nSPS) is 10.9. The first-order valence-electron chi connectivity index (χ1n) is 4.65. The second kappa shape index (κ2) is 4.29. The fraction of sp³-hybridized carbons (Fsp3) is 0.556. The highest BCUT2D eigenvalue weighted by atomic mass is 19.1. The van der Waals surface area contributed by atoms with Crippen molar-refractivity contribution in [3.63, 3.8) is 0 Å². The molecular weight excluding hydrogens is 203 g/mol. The van der Waals surface area contributed by atoms with E-state index >= 15 is 0 Å². The van der Waals surface area contributed by atoms with Crippen molar-refractivity contribution >= 4 is 0 Å². The molecule has 0 aliphatic carbocycles. The van der Waals surface area contributed by atoms with E-state index in [4.69, 9.17) is 0 Å². The first-order valence-corrected chi connectivity index (χ1v) is 4.65. The summed E-state index contributed by atoms with van der Waals surface area (Å²) in [4.78, 5) is 23.7. The van der Waals surface area contributed by atoms with Gasteiger partial charge in [0, 0.05) is 6.54 Å². The zero-order valence-corrected chi connectivity index (χ0v) is 8.58. The van der Waals surface area contributed by atoms with Gasteiger partial charge in [-0.3, -0.25) is 14.3 Å². The lowest BCUT2D eigenvalue weighted by Crippen LogP contribution is -2.32. The first kappa shape index (κ1) is 11.5. The van der Waals surface area contributed by atoms with Crippen LogP contribution in [0.25, 0.3) is 0 Å². The van der Waals surface area contributed by atoms with Crippen LogP contribution in [0.1, 0.15) is 20.3 Å². The molecule has 0 radical (unpaired) electrons. The Balaban J connectivity index is 3.13. The summed E-state index contributed by atoms with van der Waals surface area (Å²) in [5.41, 5.74) is -1.99. The third-order valence-electron chi connectivity index (χ3n) is 2.05. The molecule has 1 aromatic rings. The number of H-pyrrole nitrogens is 1. The second-order valence-electron chi connectivity index (χ2n) is 3.73. The Morgan fingerprint density at radius 3 is 2.60 bits per heavy atom. The molecule has 0 unspecified atom stereocenters. The molecule has 2 N–H and O–H groups in total. The maximum absolute atomic E-state index is 12.9. The molecule has 0 spiro atoms. The van der Waals surface area contributed by atoms with Gasteiger partial charge < -0.3 is 5.11 Å². The van der Waals surface area contributed by atoms with Gasteiger partial charge in [-0.15, -0.1) is 0 Å². The van der Waals surface area contributed by atoms with Crippen molar-refractivity contribution in [3.05, 3.63) is 26.7 Å². The molecule has 0 atom stereocenters. The Bertz CT molecular complexity index is 461. The van der Waals surface area contributed by atoms with Crippen LogP contribution in [-0.4, -0.2) is 14.7 Å². The van der Waals surface area contributed by atoms with E-state index in [1.54, 1.807) is 4.98 Å². The number of hydrogen-bond donors (Lipinski definition) is 2. The summed E-state index contributed by atoms with van der Waals surface area (Å²) in [6, 6.07) is 0. The van der Waals surface area contributed by atoms with Crippen molar-refractivity contribution in [2.75, 3.05) is 0 Å². The molecule has 0 amide bonds. The van der Waals surface area contributed by atoms with E-state index in [1.807, 2.05) is 13.8 Å². The lowest BCUT2D eigenvalue weighted by Gasteiger charge is -2.09. The van der Waals surface area contributed by atoms with Gasteiger partial charge in [0.05, 0.1) is 0 Å². The summed E-state index contributed by atoms with van der Waals surface area (Å²) in [5, 5.41) is 9.24. The van der Waals surface area contributed by atoms with Gasteiger partial charge >= 0.3 is 5.69 Å². The van der Waals surface area contributed by atoms with E-state index in [-0.39, 0.29) is 6.54 Å². The molecule has 1 rings (SSSR count). The van der Waals surface area contributed by atoms with Gasteiger partial charge in [0.25, 0.3) is 5.56 Å². The average Bonchev–Trinajstić information content (AvgIpc) is 2.14. The van der Waals surface area contributed by atoms with Crippen molar-refractivity contribution < 1.29 is 9.50 Å². The van der Waals surface area contributed by atoms with Crippen LogP contribution in [0.2, 0.25) is 0 Å². The highest BCUT2D eigenvalue weighted by Gasteiger charge is 2.13. The van der Waals surface area contributed by atoms with Crippen LogP contribution in [0.15, 0.2) is 9.59 Å². The van der Waals surface area contributed by atoms with Gasteiger partial charge in [0.1, 0.15) is 0 Å². The van der Waals surface area contributed by atoms with Crippen LogP contribution in [0.5, 0.6) is 5.88 Å². The van der Waals surface area contributed by atoms with E-state index in [9.17, 15) is 19.1 Å². The third kappa shape index (κ3) is 2.45. The number of halogens is 1. The van der Waals surface area contributed by atoms with Gasteiger partial charge in [0.2, 0.25) is 11.7 Å². The number of aromatic hydroxyl groups is 1. The minimum Gasteiger partial charge on any atom is -0.492 e. The molecular formula is C9H13FN2O3. The van der Waals surface area contributed by atoms with Crippen LogP contribution in [0.3, 0.4) is 0 Å². The Hall–Kier alpha value is -1.59. The van der Waals surface area contributed by atoms with E-state index in [2.05, 4.69) is 0 Å². The zero-order chi connectivity index (χ0) is 11.6. The number of hydrogen-bond acceptors (Lipinski definition) is 3. The molecule has 0 aliphatic rings. The maximum Gasteiger partial charge on any atom is 0.331 e. The van der Waals surface area contributed by atoms with Crippen molar-refractivity contribution in [3.8, 4) is 5.88 Å². The third-order valence-corrected chi connectivity index (χ3v) is 2.05. The molecule has 5 nitrogen and oxygen atoms in total. The van der Waals surface area contributed by atoms with Crippen molar-refractivity contribution in [1.82, 2.24) is 9.55 Å². The fourth-order valence-corrected chi connectivity index (χ4v) is 1.13. The highest BCUT2D eigenvalue weighted by molar-refractivity contribution is 5.09. The summed E-state index contributed by atoms with van der Waals surface area (Å²) >= 11 is 0. The summed E-state index contributed by atoms with van der Waals surface area (Å²) in [6.07, 6.45) is 0.610. The number of aromatic nitrogens is 2. The standard InChI is InChI=1S/C9H13FN2O3/c1-5(2)3-4-12-8(14)6(10)7(13)11-9(12)15/h5,14H,3-4H2,1-2H3,(H,11,13,15). The monoisotopic (exact) mass is 216 g/mol. The number of nitrogens with zero attached hydrogens (tertiary/aromatic N) is 1. The maximum atomic E-state index is 12.9. The fourth-order valence-electron chi connectivity index (χ4n) is 1.13. The number of nitrogens with one attached hydrogen (secondary N) is 1. The Kier molecular flexibility index (Phi) is 3.28. The molecule has 0 bridgehead atoms. The summed E-state index contributed by atoms with van der Waals surface area (Å²) in [6.45, 7) is 4.05. The van der Waals surface area contributed by atoms with Crippen LogP contribution < -0.4 is 11.2 Å². The minimum atomic E-state index is -1.32. The average molecular weight is 216 g/mol. The van der Waals surface area contributed by atoms with Gasteiger partial charge in [-0.1, -0.05) is 13.8 Å². The minimum absolute atomic E-state index is 0.177. The molecule has 1 aromatic heterocycles. The Morgan fingerprint density at radius 1 is 1.47 bits per heavy atom. The van der Waals surface area contributed by atoms with Gasteiger partial charge in [-0.05, 0) is 12.3 Å². The number of aromatic amines is 1. The predicted octanol–water partition coefficient (Wildman–Crippen LogP) is 0.427. The first-order chi connectivity index (χ1) is 6.93. The Morgan fingerprint density at radius 2 is 2.07 bits per heavy atom. The van der Waals surface area contributed by atoms with E-state index < -0.39 is 22.9 Å². The predicted molar refractivity (Wildman–Crippen MR) is 52.4 cm³/mol. The molecule has 0 fully saturated rings. The molecule has 1 heterocycles. The summed E-state index contributed by atoms with van der Waals surface area (Å²) in [7, 11) is 0. The van der Waals surface area contributed by atoms with E-state index in [0.29, 0.717) is 12.3 Å². The topological polar surface area (TPSA) is 75.1 Å². The molecule has 0 saturated heterocycles. The van der Waals surface area contributed by atoms with Crippen LogP contribution in [-0.2, 0) is 6.54 Å². The zero-order valence-electron chi connectivity index (χ0n) is 8.58. The molecule has 6 heteroatoms. The number of rotatable bonds is 3. The molecule has 0 aromatic carbocycles. The second-order valence-corrected chi connectivity index (χ2v) is 3.73. The molecule has 0 saturated carbocycles. The Labute approximate surface area is 85.2 Å². The van der Waals surface area contributed by atoms with Crippen LogP contribution in [0, 0.1) is 11.7 Å². The smallest absolute Gasteiger partial charge is 0.331 e. The SMILES string of the molecule is CC(C)CCn1c(O)c(F)c(=O)[nH]c1=O. The summed E-state index contributed by atoms with van der Waals surface area (Å²) in [5.74, 6) is -1.91. The van der Waals surface area contributed by atoms with Crippen molar-refractivity contribution in [1.29, 1.82) is 0 Å². The van der Waals surface area contributed by atoms with Gasteiger partial charge in [0.15, 0.2) is 0 Å². The largest absolute Gasteiger partial charge is 0.492 e. The van der Waals surface area contributed by atoms with Crippen molar-refractivity contribution in [2.24, 2.45) is 5.92 Å². The van der Waals surface area contributed by atoms with Crippen molar-refractivity contribution in [2.45, 2.75) is 26.8 Å². The van der Waals surface area contributed by atoms with Crippen LogP contribution >= 0.6 is 0 Å². The van der Waals surface area contributed by atoms with E-state index in [0.717, 1.165) is 4.57 Å². The van der Waals surface area contributed by atoms with Gasteiger partial charge in [-0.25, -0.2) is 4.79 Å².